The van der Waals surface area contributed by atoms with Crippen LogP contribution in [0.2, 0.25) is 0 Å². The zero-order valence-corrected chi connectivity index (χ0v) is 7.29. The fourth-order valence-electron chi connectivity index (χ4n) is 1.74. The zero-order valence-electron chi connectivity index (χ0n) is 7.29. The Hall–Kier alpha value is -0.120. The number of aliphatic hydroxyl groups excluding tert-OH is 1. The first-order chi connectivity index (χ1) is 4.77. The smallest absolute Gasteiger partial charge is 0.102 e. The highest BCUT2D eigenvalue weighted by atomic mass is 16.3. The molecule has 0 bridgehead atoms. The summed E-state index contributed by atoms with van der Waals surface area (Å²) in [7, 11) is 2.25. The summed E-state index contributed by atoms with van der Waals surface area (Å²) in [5.41, 5.74) is 0. The molecule has 2 N–H and O–H groups in total. The van der Waals surface area contributed by atoms with Crippen molar-refractivity contribution < 1.29 is 15.1 Å². The summed E-state index contributed by atoms with van der Waals surface area (Å²) in [5, 5.41) is 8.77. The van der Waals surface area contributed by atoms with Crippen molar-refractivity contribution in [3.8, 4) is 0 Å². The second-order valence-electron chi connectivity index (χ2n) is 3.57. The van der Waals surface area contributed by atoms with Crippen LogP contribution in [-0.2, 0) is 0 Å². The molecule has 0 aromatic carbocycles. The molecule has 11 heavy (non-hydrogen) atoms. The lowest BCUT2D eigenvalue weighted by Crippen LogP contribution is -2.49. The average molecular weight is 161 g/mol. The summed E-state index contributed by atoms with van der Waals surface area (Å²) < 4.78 is 1.09. The maximum Gasteiger partial charge on any atom is 0.102 e. The molecule has 0 atom stereocenters. The summed E-state index contributed by atoms with van der Waals surface area (Å²) >= 11 is 0. The average Bonchev–Trinajstić information content (AvgIpc) is 1.89. The van der Waals surface area contributed by atoms with Gasteiger partial charge in [0.05, 0.1) is 26.7 Å². The van der Waals surface area contributed by atoms with E-state index in [4.69, 9.17) is 5.11 Å². The van der Waals surface area contributed by atoms with Crippen LogP contribution >= 0.6 is 0 Å². The third-order valence-electron chi connectivity index (χ3n) is 2.54. The minimum Gasteiger partial charge on any atom is -0.870 e. The Bertz CT molecular complexity index is 94.8. The van der Waals surface area contributed by atoms with Crippen molar-refractivity contribution in [2.24, 2.45) is 0 Å². The lowest BCUT2D eigenvalue weighted by atomic mass is 10.1. The fourth-order valence-corrected chi connectivity index (χ4v) is 1.74. The van der Waals surface area contributed by atoms with E-state index in [-0.39, 0.29) is 5.48 Å². The van der Waals surface area contributed by atoms with Crippen LogP contribution in [-0.4, -0.2) is 48.4 Å². The molecule has 0 radical (unpaired) electrons. The van der Waals surface area contributed by atoms with Gasteiger partial charge in [-0.25, -0.2) is 0 Å². The molecule has 0 unspecified atom stereocenters. The van der Waals surface area contributed by atoms with Gasteiger partial charge < -0.3 is 15.1 Å². The van der Waals surface area contributed by atoms with Crippen LogP contribution in [0.25, 0.3) is 0 Å². The number of nitrogens with zero attached hydrogens (tertiary/aromatic N) is 1. The van der Waals surface area contributed by atoms with Gasteiger partial charge in [0, 0.05) is 0 Å². The van der Waals surface area contributed by atoms with Gasteiger partial charge >= 0.3 is 0 Å². The molecule has 1 aliphatic heterocycles. The maximum atomic E-state index is 8.77. The van der Waals surface area contributed by atoms with E-state index in [1.54, 1.807) is 0 Å². The minimum atomic E-state index is 0. The van der Waals surface area contributed by atoms with Crippen LogP contribution in [0.3, 0.4) is 0 Å². The monoisotopic (exact) mass is 161 g/mol. The highest BCUT2D eigenvalue weighted by molar-refractivity contribution is 4.50. The highest BCUT2D eigenvalue weighted by Gasteiger charge is 2.23. The van der Waals surface area contributed by atoms with Gasteiger partial charge in [0.25, 0.3) is 0 Å². The van der Waals surface area contributed by atoms with Crippen LogP contribution in [0, 0.1) is 0 Å². The van der Waals surface area contributed by atoms with Crippen molar-refractivity contribution in [3.05, 3.63) is 0 Å². The summed E-state index contributed by atoms with van der Waals surface area (Å²) in [6.45, 7) is 3.82. The lowest BCUT2D eigenvalue weighted by Gasteiger charge is -2.37. The molecule has 3 nitrogen and oxygen atoms in total. The summed E-state index contributed by atoms with van der Waals surface area (Å²) in [4.78, 5) is 0. The molecule has 1 saturated heterocycles. The number of likely N-dealkylation sites (N-methyl/N-ethyl adjacent to an activating group) is 1. The fraction of sp³-hybridized carbons (Fsp3) is 1.00. The molecule has 0 aliphatic carbocycles. The van der Waals surface area contributed by atoms with E-state index in [2.05, 4.69) is 7.05 Å². The van der Waals surface area contributed by atoms with Gasteiger partial charge in [-0.1, -0.05) is 0 Å². The molecule has 0 amide bonds. The molecule has 68 valence electrons. The molecule has 1 aliphatic rings. The van der Waals surface area contributed by atoms with Crippen molar-refractivity contribution in [1.29, 1.82) is 0 Å². The van der Waals surface area contributed by atoms with Gasteiger partial charge in [-0.15, -0.1) is 0 Å². The Morgan fingerprint density at radius 3 is 2.18 bits per heavy atom. The molecule has 1 rings (SSSR count). The van der Waals surface area contributed by atoms with Crippen molar-refractivity contribution in [3.63, 3.8) is 0 Å². The molecule has 1 fully saturated rings. The Balaban J connectivity index is 0.000001000. The first kappa shape index (κ1) is 10.9. The standard InChI is InChI=1S/C8H18NO.H2O/c1-9(7-8-10)5-3-2-4-6-9;/h10H,2-8H2,1H3;1H2/q+1;/p-1. The second kappa shape index (κ2) is 4.70. The number of quaternary nitrogens is 1. The van der Waals surface area contributed by atoms with Crippen molar-refractivity contribution in [2.75, 3.05) is 33.3 Å². The van der Waals surface area contributed by atoms with E-state index >= 15 is 0 Å². The van der Waals surface area contributed by atoms with E-state index in [0.717, 1.165) is 11.0 Å². The quantitative estimate of drug-likeness (QED) is 0.597. The highest BCUT2D eigenvalue weighted by Crippen LogP contribution is 2.14. The van der Waals surface area contributed by atoms with E-state index in [1.165, 1.54) is 32.4 Å². The summed E-state index contributed by atoms with van der Waals surface area (Å²) in [6, 6.07) is 0. The lowest BCUT2D eigenvalue weighted by molar-refractivity contribution is -0.914. The van der Waals surface area contributed by atoms with Crippen LogP contribution < -0.4 is 0 Å². The molecular weight excluding hydrogens is 142 g/mol. The Morgan fingerprint density at radius 2 is 1.73 bits per heavy atom. The molecular formula is C8H19NO2. The first-order valence-corrected chi connectivity index (χ1v) is 4.21. The first-order valence-electron chi connectivity index (χ1n) is 4.21. The van der Waals surface area contributed by atoms with Crippen LogP contribution in [0.4, 0.5) is 0 Å². The third-order valence-corrected chi connectivity index (χ3v) is 2.54. The maximum absolute atomic E-state index is 8.77. The van der Waals surface area contributed by atoms with Gasteiger partial charge in [0.1, 0.15) is 6.54 Å². The van der Waals surface area contributed by atoms with Crippen molar-refractivity contribution >= 4 is 0 Å². The SMILES string of the molecule is C[N+]1(CCO)CCCCC1.[OH-]. The predicted molar refractivity (Wildman–Crippen MR) is 43.7 cm³/mol. The van der Waals surface area contributed by atoms with Crippen LogP contribution in [0.5, 0.6) is 0 Å². The van der Waals surface area contributed by atoms with Gasteiger partial charge in [-0.3, -0.25) is 0 Å². The Kier molecular flexibility index (Phi) is 4.65. The summed E-state index contributed by atoms with van der Waals surface area (Å²) in [6.07, 6.45) is 4.08. The third kappa shape index (κ3) is 3.18. The second-order valence-corrected chi connectivity index (χ2v) is 3.57. The van der Waals surface area contributed by atoms with E-state index in [0.29, 0.717) is 6.61 Å². The van der Waals surface area contributed by atoms with Crippen LogP contribution in [0.1, 0.15) is 19.3 Å². The minimum absolute atomic E-state index is 0. The number of likely N-dealkylation sites (tertiary alicyclic amines) is 1. The normalized spacial score (nSPS) is 22.4. The van der Waals surface area contributed by atoms with Gasteiger partial charge in [-0.05, 0) is 19.3 Å². The molecule has 3 heteroatoms. The van der Waals surface area contributed by atoms with Crippen LogP contribution in [0.15, 0.2) is 0 Å². The summed E-state index contributed by atoms with van der Waals surface area (Å²) in [5.74, 6) is 0. The molecule has 0 saturated carbocycles. The molecule has 0 aromatic rings. The largest absolute Gasteiger partial charge is 0.870 e. The van der Waals surface area contributed by atoms with Gasteiger partial charge in [-0.2, -0.15) is 0 Å². The predicted octanol–water partition coefficient (Wildman–Crippen LogP) is 0.432. The van der Waals surface area contributed by atoms with E-state index < -0.39 is 0 Å². The molecule has 0 spiro atoms. The zero-order chi connectivity index (χ0) is 7.45. The Morgan fingerprint density at radius 1 is 1.18 bits per heavy atom. The van der Waals surface area contributed by atoms with Gasteiger partial charge in [0.2, 0.25) is 0 Å². The van der Waals surface area contributed by atoms with E-state index in [9.17, 15) is 0 Å². The van der Waals surface area contributed by atoms with Gasteiger partial charge in [0.15, 0.2) is 0 Å². The number of rotatable bonds is 2. The van der Waals surface area contributed by atoms with E-state index in [1.807, 2.05) is 0 Å². The Labute approximate surface area is 68.5 Å². The number of aliphatic hydroxyl groups is 1. The number of piperidine rings is 1. The van der Waals surface area contributed by atoms with Crippen molar-refractivity contribution in [2.45, 2.75) is 19.3 Å². The topological polar surface area (TPSA) is 50.2 Å². The number of hydrogen-bond donors (Lipinski definition) is 1. The van der Waals surface area contributed by atoms with Crippen molar-refractivity contribution in [1.82, 2.24) is 0 Å². The molecule has 1 heterocycles. The number of hydrogen-bond acceptors (Lipinski definition) is 2. The molecule has 0 aromatic heterocycles.